The van der Waals surface area contributed by atoms with Gasteiger partial charge in [0.25, 0.3) is 5.69 Å². The predicted octanol–water partition coefficient (Wildman–Crippen LogP) is 0.693. The van der Waals surface area contributed by atoms with E-state index in [-0.39, 0.29) is 11.8 Å². The van der Waals surface area contributed by atoms with Crippen LogP contribution in [0.3, 0.4) is 0 Å². The van der Waals surface area contributed by atoms with Crippen LogP contribution in [0.4, 0.5) is 5.69 Å². The van der Waals surface area contributed by atoms with Crippen LogP contribution in [0.15, 0.2) is 18.2 Å². The van der Waals surface area contributed by atoms with Crippen molar-refractivity contribution in [2.45, 2.75) is 6.10 Å². The maximum absolute atomic E-state index is 10.5. The molecule has 2 rings (SSSR count). The summed E-state index contributed by atoms with van der Waals surface area (Å²) in [5, 5.41) is 10.5. The standard InChI is InChI=1S/C9H10N2O4/c10-4-7-5-14-8-2-1-6(11(12)13)3-9(8)15-7/h1-3,7H,4-5,10H2. The minimum absolute atomic E-state index is 0.0185. The zero-order valence-electron chi connectivity index (χ0n) is 7.88. The van der Waals surface area contributed by atoms with Crippen molar-refractivity contribution < 1.29 is 14.4 Å². The maximum atomic E-state index is 10.5. The van der Waals surface area contributed by atoms with Crippen LogP contribution in [0.25, 0.3) is 0 Å². The molecular weight excluding hydrogens is 200 g/mol. The molecule has 6 heteroatoms. The lowest BCUT2D eigenvalue weighted by atomic mass is 10.2. The summed E-state index contributed by atoms with van der Waals surface area (Å²) >= 11 is 0. The van der Waals surface area contributed by atoms with Gasteiger partial charge < -0.3 is 15.2 Å². The number of nitro benzene ring substituents is 1. The van der Waals surface area contributed by atoms with Crippen LogP contribution >= 0.6 is 0 Å². The highest BCUT2D eigenvalue weighted by atomic mass is 16.6. The largest absolute Gasteiger partial charge is 0.486 e. The van der Waals surface area contributed by atoms with Gasteiger partial charge in [-0.1, -0.05) is 0 Å². The summed E-state index contributed by atoms with van der Waals surface area (Å²) in [5.74, 6) is 0.899. The van der Waals surface area contributed by atoms with E-state index in [1.54, 1.807) is 0 Å². The Balaban J connectivity index is 2.30. The van der Waals surface area contributed by atoms with Crippen LogP contribution in [0.5, 0.6) is 11.5 Å². The van der Waals surface area contributed by atoms with Gasteiger partial charge in [0.2, 0.25) is 0 Å². The third kappa shape index (κ3) is 1.84. The lowest BCUT2D eigenvalue weighted by molar-refractivity contribution is -0.385. The van der Waals surface area contributed by atoms with Crippen LogP contribution in [0.1, 0.15) is 0 Å². The van der Waals surface area contributed by atoms with Gasteiger partial charge in [-0.15, -0.1) is 0 Å². The molecule has 0 bridgehead atoms. The fraction of sp³-hybridized carbons (Fsp3) is 0.333. The van der Waals surface area contributed by atoms with E-state index >= 15 is 0 Å². The number of benzene rings is 1. The van der Waals surface area contributed by atoms with Crippen molar-refractivity contribution in [3.05, 3.63) is 28.3 Å². The number of nitrogens with zero attached hydrogens (tertiary/aromatic N) is 1. The Kier molecular flexibility index (Phi) is 2.42. The van der Waals surface area contributed by atoms with E-state index in [2.05, 4.69) is 0 Å². The Hall–Kier alpha value is -1.82. The lowest BCUT2D eigenvalue weighted by Crippen LogP contribution is -2.35. The zero-order valence-corrected chi connectivity index (χ0v) is 7.88. The monoisotopic (exact) mass is 210 g/mol. The Bertz CT molecular complexity index is 394. The van der Waals surface area contributed by atoms with Crippen molar-refractivity contribution in [2.75, 3.05) is 13.2 Å². The van der Waals surface area contributed by atoms with Crippen molar-refractivity contribution in [3.8, 4) is 11.5 Å². The average Bonchev–Trinajstić information content (AvgIpc) is 2.27. The van der Waals surface area contributed by atoms with Crippen molar-refractivity contribution in [2.24, 2.45) is 5.73 Å². The third-order valence-corrected chi connectivity index (χ3v) is 2.12. The summed E-state index contributed by atoms with van der Waals surface area (Å²) in [6, 6.07) is 4.25. The molecule has 0 fully saturated rings. The SMILES string of the molecule is NCC1COc2ccc([N+](=O)[O-])cc2O1. The van der Waals surface area contributed by atoms with Gasteiger partial charge in [0.05, 0.1) is 11.0 Å². The molecule has 80 valence electrons. The molecule has 1 heterocycles. The van der Waals surface area contributed by atoms with E-state index in [0.717, 1.165) is 0 Å². The van der Waals surface area contributed by atoms with Crippen molar-refractivity contribution >= 4 is 5.69 Å². The zero-order chi connectivity index (χ0) is 10.8. The van der Waals surface area contributed by atoms with Crippen LogP contribution in [-0.2, 0) is 0 Å². The molecular formula is C9H10N2O4. The molecule has 0 aliphatic carbocycles. The van der Waals surface area contributed by atoms with E-state index < -0.39 is 4.92 Å². The summed E-state index contributed by atoms with van der Waals surface area (Å²) in [7, 11) is 0. The lowest BCUT2D eigenvalue weighted by Gasteiger charge is -2.25. The number of hydrogen-bond donors (Lipinski definition) is 1. The quantitative estimate of drug-likeness (QED) is 0.573. The molecule has 2 N–H and O–H groups in total. The number of ether oxygens (including phenoxy) is 2. The van der Waals surface area contributed by atoms with Gasteiger partial charge in [-0.2, -0.15) is 0 Å². The van der Waals surface area contributed by atoms with E-state index in [0.29, 0.717) is 24.7 Å². The summed E-state index contributed by atoms with van der Waals surface area (Å²) in [4.78, 5) is 10.0. The number of rotatable bonds is 2. The van der Waals surface area contributed by atoms with Crippen LogP contribution in [0.2, 0.25) is 0 Å². The second-order valence-electron chi connectivity index (χ2n) is 3.17. The molecule has 15 heavy (non-hydrogen) atoms. The topological polar surface area (TPSA) is 87.6 Å². The van der Waals surface area contributed by atoms with Gasteiger partial charge >= 0.3 is 0 Å². The van der Waals surface area contributed by atoms with Gasteiger partial charge in [-0.25, -0.2) is 0 Å². The summed E-state index contributed by atoms with van der Waals surface area (Å²) in [5.41, 5.74) is 5.40. The van der Waals surface area contributed by atoms with E-state index in [1.807, 2.05) is 0 Å². The highest BCUT2D eigenvalue weighted by Crippen LogP contribution is 2.34. The molecule has 1 aromatic carbocycles. The Morgan fingerprint density at radius 1 is 1.53 bits per heavy atom. The molecule has 1 aromatic rings. The maximum Gasteiger partial charge on any atom is 0.273 e. The Morgan fingerprint density at radius 3 is 3.00 bits per heavy atom. The Labute approximate surface area is 85.7 Å². The van der Waals surface area contributed by atoms with Crippen LogP contribution < -0.4 is 15.2 Å². The average molecular weight is 210 g/mol. The van der Waals surface area contributed by atoms with E-state index in [1.165, 1.54) is 18.2 Å². The number of non-ortho nitro benzene ring substituents is 1. The molecule has 0 saturated heterocycles. The third-order valence-electron chi connectivity index (χ3n) is 2.12. The number of fused-ring (bicyclic) bond motifs is 1. The van der Waals surface area contributed by atoms with Crippen molar-refractivity contribution in [3.63, 3.8) is 0 Å². The molecule has 0 saturated carbocycles. The normalized spacial score (nSPS) is 18.6. The summed E-state index contributed by atoms with van der Waals surface area (Å²) < 4.78 is 10.8. The van der Waals surface area contributed by atoms with Gasteiger partial charge in [-0.05, 0) is 6.07 Å². The minimum atomic E-state index is -0.476. The first-order valence-electron chi connectivity index (χ1n) is 4.48. The van der Waals surface area contributed by atoms with E-state index in [4.69, 9.17) is 15.2 Å². The number of hydrogen-bond acceptors (Lipinski definition) is 5. The molecule has 0 amide bonds. The summed E-state index contributed by atoms with van der Waals surface area (Å²) in [6.45, 7) is 0.698. The van der Waals surface area contributed by atoms with Gasteiger partial charge in [0, 0.05) is 12.6 Å². The molecule has 1 atom stereocenters. The molecule has 0 spiro atoms. The van der Waals surface area contributed by atoms with Crippen LogP contribution in [0, 0.1) is 10.1 Å². The first-order valence-corrected chi connectivity index (χ1v) is 4.48. The molecule has 0 radical (unpaired) electrons. The fourth-order valence-electron chi connectivity index (χ4n) is 1.33. The predicted molar refractivity (Wildman–Crippen MR) is 52.1 cm³/mol. The smallest absolute Gasteiger partial charge is 0.273 e. The molecule has 0 aromatic heterocycles. The van der Waals surface area contributed by atoms with Crippen molar-refractivity contribution in [1.29, 1.82) is 0 Å². The molecule has 1 aliphatic rings. The van der Waals surface area contributed by atoms with Gasteiger partial charge in [0.15, 0.2) is 11.5 Å². The van der Waals surface area contributed by atoms with Crippen molar-refractivity contribution in [1.82, 2.24) is 0 Å². The molecule has 1 aliphatic heterocycles. The Morgan fingerprint density at radius 2 is 2.33 bits per heavy atom. The first-order chi connectivity index (χ1) is 7.20. The first kappa shape index (κ1) is 9.72. The molecule has 6 nitrogen and oxygen atoms in total. The minimum Gasteiger partial charge on any atom is -0.486 e. The van der Waals surface area contributed by atoms with E-state index in [9.17, 15) is 10.1 Å². The second kappa shape index (κ2) is 3.74. The highest BCUT2D eigenvalue weighted by Gasteiger charge is 2.22. The van der Waals surface area contributed by atoms with Gasteiger partial charge in [-0.3, -0.25) is 10.1 Å². The van der Waals surface area contributed by atoms with Crippen LogP contribution in [-0.4, -0.2) is 24.2 Å². The fourth-order valence-corrected chi connectivity index (χ4v) is 1.33. The summed E-state index contributed by atoms with van der Waals surface area (Å²) in [6.07, 6.45) is -0.237. The number of nitrogens with two attached hydrogens (primary N) is 1. The van der Waals surface area contributed by atoms with Gasteiger partial charge in [0.1, 0.15) is 12.7 Å². The molecule has 1 unspecified atom stereocenters. The highest BCUT2D eigenvalue weighted by molar-refractivity contribution is 5.49. The number of nitro groups is 1. The second-order valence-corrected chi connectivity index (χ2v) is 3.17.